The van der Waals surface area contributed by atoms with Crippen molar-refractivity contribution in [2.45, 2.75) is 6.92 Å². The van der Waals surface area contributed by atoms with Gasteiger partial charge in [-0.3, -0.25) is 0 Å². The van der Waals surface area contributed by atoms with Gasteiger partial charge in [0.05, 0.1) is 22.1 Å². The van der Waals surface area contributed by atoms with E-state index in [1.165, 1.54) is 109 Å². The molecule has 276 valence electrons. The largest absolute Gasteiger partial charge is 0.309 e. The summed E-state index contributed by atoms with van der Waals surface area (Å²) in [6.07, 6.45) is 14.1. The molecule has 0 N–H and O–H groups in total. The van der Waals surface area contributed by atoms with Gasteiger partial charge >= 0.3 is 0 Å². The van der Waals surface area contributed by atoms with Crippen LogP contribution in [0.15, 0.2) is 206 Å². The van der Waals surface area contributed by atoms with Gasteiger partial charge in [0.15, 0.2) is 0 Å². The third-order valence-electron chi connectivity index (χ3n) is 13.3. The first-order chi connectivity index (χ1) is 29.2. The number of allylic oxidation sites excluding steroid dienone is 8. The molecule has 2 heteroatoms. The van der Waals surface area contributed by atoms with E-state index >= 15 is 0 Å². The van der Waals surface area contributed by atoms with Crippen LogP contribution < -0.4 is 0 Å². The molecule has 11 aromatic rings. The molecule has 59 heavy (non-hydrogen) atoms. The summed E-state index contributed by atoms with van der Waals surface area (Å²) in [6.45, 7) is 2.33. The van der Waals surface area contributed by atoms with Crippen LogP contribution >= 0.6 is 0 Å². The van der Waals surface area contributed by atoms with E-state index in [0.29, 0.717) is 11.8 Å². The molecule has 2 aliphatic rings. The third kappa shape index (κ3) is 4.57. The van der Waals surface area contributed by atoms with Crippen LogP contribution in [0.1, 0.15) is 6.92 Å². The monoisotopic (exact) mass is 750 g/mol. The molecule has 2 heterocycles. The first-order valence-electron chi connectivity index (χ1n) is 20.8. The molecule has 0 amide bonds. The van der Waals surface area contributed by atoms with Gasteiger partial charge in [0.1, 0.15) is 0 Å². The summed E-state index contributed by atoms with van der Waals surface area (Å²) in [6, 6.07) is 60.9. The predicted octanol–water partition coefficient (Wildman–Crippen LogP) is 15.3. The molecule has 0 fully saturated rings. The second-order valence-electron chi connectivity index (χ2n) is 16.5. The summed E-state index contributed by atoms with van der Waals surface area (Å²) in [4.78, 5) is 0. The van der Waals surface area contributed by atoms with E-state index in [0.717, 1.165) is 5.69 Å². The Morgan fingerprint density at radius 3 is 1.93 bits per heavy atom. The van der Waals surface area contributed by atoms with Gasteiger partial charge in [-0.05, 0) is 92.0 Å². The number of benzene rings is 9. The van der Waals surface area contributed by atoms with Crippen molar-refractivity contribution in [2.24, 2.45) is 11.8 Å². The topological polar surface area (TPSA) is 9.86 Å². The van der Waals surface area contributed by atoms with Crippen LogP contribution in [0.5, 0.6) is 0 Å². The predicted molar refractivity (Wildman–Crippen MR) is 253 cm³/mol. The average molecular weight is 751 g/mol. The quantitative estimate of drug-likeness (QED) is 0.159. The number of nitrogens with zero attached hydrogens (tertiary/aromatic N) is 2. The fraction of sp³-hybridized carbons (Fsp3) is 0.0526. The summed E-state index contributed by atoms with van der Waals surface area (Å²) < 4.78 is 5.12. The SMILES string of the molecule is CC1C=CC=C2C=C(n3c4ccccc4c4c5ccccc5c5c(c6ccccc6c6c5c5cc(-c7ccccc7)ccc5n6-c5ccc6ccccc6c5)c43)C=CC21. The maximum Gasteiger partial charge on any atom is 0.0632 e. The summed E-state index contributed by atoms with van der Waals surface area (Å²) in [7, 11) is 0. The molecule has 9 aromatic carbocycles. The van der Waals surface area contributed by atoms with E-state index in [1.54, 1.807) is 0 Å². The van der Waals surface area contributed by atoms with Gasteiger partial charge in [0.25, 0.3) is 0 Å². The zero-order valence-electron chi connectivity index (χ0n) is 32.6. The molecule has 2 nitrogen and oxygen atoms in total. The summed E-state index contributed by atoms with van der Waals surface area (Å²) in [5.74, 6) is 0.847. The van der Waals surface area contributed by atoms with Crippen molar-refractivity contribution in [2.75, 3.05) is 0 Å². The number of hydrogen-bond donors (Lipinski definition) is 0. The highest BCUT2D eigenvalue weighted by Crippen LogP contribution is 2.51. The van der Waals surface area contributed by atoms with Crippen molar-refractivity contribution in [3.8, 4) is 16.8 Å². The van der Waals surface area contributed by atoms with Crippen LogP contribution in [0.4, 0.5) is 0 Å². The molecule has 2 aromatic heterocycles. The van der Waals surface area contributed by atoms with Gasteiger partial charge in [-0.25, -0.2) is 0 Å². The number of hydrogen-bond acceptors (Lipinski definition) is 0. The molecule has 0 saturated heterocycles. The van der Waals surface area contributed by atoms with E-state index < -0.39 is 0 Å². The Balaban J connectivity index is 1.29. The van der Waals surface area contributed by atoms with Gasteiger partial charge in [0.2, 0.25) is 0 Å². The Morgan fingerprint density at radius 2 is 1.10 bits per heavy atom. The first-order valence-corrected chi connectivity index (χ1v) is 20.8. The number of rotatable bonds is 3. The summed E-state index contributed by atoms with van der Waals surface area (Å²) in [5.41, 5.74) is 11.1. The molecule has 2 atom stereocenters. The van der Waals surface area contributed by atoms with E-state index in [4.69, 9.17) is 0 Å². The highest BCUT2D eigenvalue weighted by Gasteiger charge is 2.28. The Kier molecular flexibility index (Phi) is 6.80. The van der Waals surface area contributed by atoms with Gasteiger partial charge in [-0.15, -0.1) is 0 Å². The van der Waals surface area contributed by atoms with E-state index in [-0.39, 0.29) is 0 Å². The minimum atomic E-state index is 0.384. The van der Waals surface area contributed by atoms with Crippen molar-refractivity contribution < 1.29 is 0 Å². The zero-order valence-corrected chi connectivity index (χ0v) is 32.6. The fourth-order valence-electron chi connectivity index (χ4n) is 10.7. The standard InChI is InChI=1S/C57H38N2/c1-35-14-13-19-40-33-42(29-30-43(35)40)59-50-25-12-11-24-48(50)52-44-20-7-8-21-45(44)53-54(57(52)59)46-22-9-10-23-47(46)56-55(53)49-34-39(36-15-3-2-4-16-36)27-31-51(49)58(56)41-28-26-37-17-5-6-18-38(37)32-41/h2-35,43H,1H3. The molecule has 0 spiro atoms. The normalized spacial score (nSPS) is 16.6. The van der Waals surface area contributed by atoms with Crippen LogP contribution in [0, 0.1) is 11.8 Å². The van der Waals surface area contributed by atoms with Crippen molar-refractivity contribution in [1.82, 2.24) is 9.13 Å². The zero-order chi connectivity index (χ0) is 38.8. The summed E-state index contributed by atoms with van der Waals surface area (Å²) in [5, 5.41) is 15.2. The molecular formula is C57H38N2. The van der Waals surface area contributed by atoms with Crippen molar-refractivity contribution in [1.29, 1.82) is 0 Å². The molecular weight excluding hydrogens is 713 g/mol. The first kappa shape index (κ1) is 32.6. The Hall–Kier alpha value is -7.42. The lowest BCUT2D eigenvalue weighted by atomic mass is 9.80. The second-order valence-corrected chi connectivity index (χ2v) is 16.5. The molecule has 13 rings (SSSR count). The molecule has 2 aliphatic carbocycles. The van der Waals surface area contributed by atoms with Gasteiger partial charge in [-0.2, -0.15) is 0 Å². The van der Waals surface area contributed by atoms with Crippen LogP contribution in [-0.4, -0.2) is 9.13 Å². The Labute approximate surface area is 341 Å². The second kappa shape index (κ2) is 12.3. The van der Waals surface area contributed by atoms with E-state index in [9.17, 15) is 0 Å². The smallest absolute Gasteiger partial charge is 0.0632 e. The van der Waals surface area contributed by atoms with Gasteiger partial charge < -0.3 is 9.13 Å². The molecule has 0 aliphatic heterocycles. The van der Waals surface area contributed by atoms with Crippen LogP contribution in [0.25, 0.3) is 109 Å². The highest BCUT2D eigenvalue weighted by atomic mass is 15.0. The summed E-state index contributed by atoms with van der Waals surface area (Å²) >= 11 is 0. The van der Waals surface area contributed by atoms with Crippen molar-refractivity contribution in [3.63, 3.8) is 0 Å². The fourth-order valence-corrected chi connectivity index (χ4v) is 10.7. The number of fused-ring (bicyclic) bond motifs is 17. The third-order valence-corrected chi connectivity index (χ3v) is 13.3. The lowest BCUT2D eigenvalue weighted by Crippen LogP contribution is -2.15. The minimum Gasteiger partial charge on any atom is -0.309 e. The Bertz CT molecular complexity index is 3730. The van der Waals surface area contributed by atoms with Crippen LogP contribution in [-0.2, 0) is 0 Å². The number of para-hydroxylation sites is 1. The van der Waals surface area contributed by atoms with E-state index in [2.05, 4.69) is 216 Å². The minimum absolute atomic E-state index is 0.384. The van der Waals surface area contributed by atoms with E-state index in [1.807, 2.05) is 0 Å². The Morgan fingerprint density at radius 1 is 0.441 bits per heavy atom. The van der Waals surface area contributed by atoms with Crippen molar-refractivity contribution in [3.05, 3.63) is 206 Å². The van der Waals surface area contributed by atoms with Crippen LogP contribution in [0.3, 0.4) is 0 Å². The van der Waals surface area contributed by atoms with Crippen LogP contribution in [0.2, 0.25) is 0 Å². The molecule has 0 bridgehead atoms. The maximum absolute atomic E-state index is 2.58. The maximum atomic E-state index is 2.58. The number of aromatic nitrogens is 2. The lowest BCUT2D eigenvalue weighted by molar-refractivity contribution is 0.583. The molecule has 0 radical (unpaired) electrons. The van der Waals surface area contributed by atoms with Gasteiger partial charge in [-0.1, -0.05) is 165 Å². The van der Waals surface area contributed by atoms with Gasteiger partial charge in [0, 0.05) is 55.0 Å². The molecule has 2 unspecified atom stereocenters. The average Bonchev–Trinajstić information content (AvgIpc) is 3.83. The highest BCUT2D eigenvalue weighted by molar-refractivity contribution is 6.45. The molecule has 0 saturated carbocycles. The lowest BCUT2D eigenvalue weighted by Gasteiger charge is -2.27. The van der Waals surface area contributed by atoms with Crippen molar-refractivity contribution >= 4 is 92.4 Å².